The molecular weight excluding hydrogens is 208 g/mol. The third kappa shape index (κ3) is 2.16. The summed E-state index contributed by atoms with van der Waals surface area (Å²) in [5.74, 6) is 0.749. The van der Waals surface area contributed by atoms with Crippen LogP contribution in [0.15, 0.2) is 6.20 Å². The minimum absolute atomic E-state index is 0.397. The smallest absolute Gasteiger partial charge is 0.185 e. The number of aliphatic hydroxyl groups is 1. The molecule has 3 unspecified atom stereocenters. The number of aromatic nitrogens is 1. The molecule has 2 rings (SSSR count). The summed E-state index contributed by atoms with van der Waals surface area (Å²) in [6.45, 7) is 7.40. The summed E-state index contributed by atoms with van der Waals surface area (Å²) in [6.07, 6.45) is 2.64. The lowest BCUT2D eigenvalue weighted by molar-refractivity contribution is 0.203. The van der Waals surface area contributed by atoms with Crippen molar-refractivity contribution >= 4 is 16.5 Å². The Morgan fingerprint density at radius 3 is 2.80 bits per heavy atom. The van der Waals surface area contributed by atoms with E-state index >= 15 is 0 Å². The number of anilines is 1. The van der Waals surface area contributed by atoms with E-state index in [2.05, 4.69) is 23.7 Å². The zero-order chi connectivity index (χ0) is 11.0. The van der Waals surface area contributed by atoms with Crippen molar-refractivity contribution in [1.29, 1.82) is 0 Å². The molecule has 0 spiro atoms. The van der Waals surface area contributed by atoms with E-state index < -0.39 is 6.10 Å². The molecule has 1 fully saturated rings. The Morgan fingerprint density at radius 1 is 1.60 bits per heavy atom. The van der Waals surface area contributed by atoms with Crippen LogP contribution in [-0.2, 0) is 0 Å². The predicted octanol–water partition coefficient (Wildman–Crippen LogP) is 2.43. The van der Waals surface area contributed by atoms with Crippen LogP contribution in [0.25, 0.3) is 0 Å². The fourth-order valence-corrected chi connectivity index (χ4v) is 3.13. The van der Waals surface area contributed by atoms with Gasteiger partial charge in [0, 0.05) is 18.8 Å². The molecule has 1 N–H and O–H groups in total. The Morgan fingerprint density at radius 2 is 2.33 bits per heavy atom. The third-order valence-corrected chi connectivity index (χ3v) is 4.16. The Bertz CT molecular complexity index is 337. The summed E-state index contributed by atoms with van der Waals surface area (Å²) >= 11 is 1.61. The maximum Gasteiger partial charge on any atom is 0.185 e. The molecule has 0 aromatic carbocycles. The molecule has 3 atom stereocenters. The molecule has 1 saturated heterocycles. The van der Waals surface area contributed by atoms with Gasteiger partial charge in [0.2, 0.25) is 0 Å². The van der Waals surface area contributed by atoms with E-state index in [1.165, 1.54) is 6.42 Å². The van der Waals surface area contributed by atoms with Gasteiger partial charge in [0.05, 0.1) is 11.0 Å². The van der Waals surface area contributed by atoms with Gasteiger partial charge in [-0.2, -0.15) is 0 Å². The maximum absolute atomic E-state index is 9.45. The second-order valence-electron chi connectivity index (χ2n) is 4.56. The van der Waals surface area contributed by atoms with Crippen molar-refractivity contribution in [2.75, 3.05) is 11.4 Å². The van der Waals surface area contributed by atoms with Crippen molar-refractivity contribution in [3.05, 3.63) is 11.1 Å². The fraction of sp³-hybridized carbons (Fsp3) is 0.727. The summed E-state index contributed by atoms with van der Waals surface area (Å²) in [6, 6.07) is 0.577. The first-order valence-corrected chi connectivity index (χ1v) is 6.30. The average Bonchev–Trinajstić information content (AvgIpc) is 2.71. The van der Waals surface area contributed by atoms with Gasteiger partial charge in [-0.1, -0.05) is 18.3 Å². The minimum atomic E-state index is -0.397. The topological polar surface area (TPSA) is 36.4 Å². The van der Waals surface area contributed by atoms with Crippen LogP contribution in [0.1, 0.15) is 38.2 Å². The maximum atomic E-state index is 9.45. The molecule has 4 heteroatoms. The summed E-state index contributed by atoms with van der Waals surface area (Å²) in [4.78, 5) is 7.69. The Balaban J connectivity index is 2.15. The molecule has 2 heterocycles. The number of aliphatic hydroxyl groups excluding tert-OH is 1. The quantitative estimate of drug-likeness (QED) is 0.841. The molecule has 1 aliphatic heterocycles. The molecule has 1 aromatic heterocycles. The molecule has 1 aromatic rings. The number of rotatable bonds is 2. The average molecular weight is 226 g/mol. The van der Waals surface area contributed by atoms with E-state index in [1.54, 1.807) is 24.5 Å². The van der Waals surface area contributed by atoms with Crippen LogP contribution in [-0.4, -0.2) is 22.7 Å². The molecule has 3 nitrogen and oxygen atoms in total. The van der Waals surface area contributed by atoms with Crippen molar-refractivity contribution in [2.24, 2.45) is 5.92 Å². The van der Waals surface area contributed by atoms with Gasteiger partial charge in [0.1, 0.15) is 0 Å². The number of nitrogens with zero attached hydrogens (tertiary/aromatic N) is 2. The highest BCUT2D eigenvalue weighted by atomic mass is 32.1. The molecule has 84 valence electrons. The molecule has 0 bridgehead atoms. The SMILES string of the molecule is CC1CC(C)N(c2ncc(C(C)O)s2)C1. The number of hydrogen-bond acceptors (Lipinski definition) is 4. The van der Waals surface area contributed by atoms with Gasteiger partial charge in [0.15, 0.2) is 5.13 Å². The van der Waals surface area contributed by atoms with Crippen LogP contribution >= 0.6 is 11.3 Å². The molecule has 15 heavy (non-hydrogen) atoms. The standard InChI is InChI=1S/C11H18N2OS/c1-7-4-8(2)13(6-7)11-12-5-10(15-11)9(3)14/h5,7-9,14H,4,6H2,1-3H3. The molecule has 0 amide bonds. The van der Waals surface area contributed by atoms with Gasteiger partial charge in [-0.3, -0.25) is 0 Å². The molecule has 0 radical (unpaired) electrons. The first-order valence-electron chi connectivity index (χ1n) is 5.48. The third-order valence-electron chi connectivity index (χ3n) is 2.95. The van der Waals surface area contributed by atoms with Crippen LogP contribution in [0.2, 0.25) is 0 Å². The lowest BCUT2D eigenvalue weighted by Crippen LogP contribution is -2.26. The summed E-state index contributed by atoms with van der Waals surface area (Å²) in [5.41, 5.74) is 0. The van der Waals surface area contributed by atoms with Crippen LogP contribution in [0.4, 0.5) is 5.13 Å². The van der Waals surface area contributed by atoms with E-state index in [0.29, 0.717) is 6.04 Å². The first-order chi connectivity index (χ1) is 7.08. The normalized spacial score (nSPS) is 28.4. The lowest BCUT2D eigenvalue weighted by Gasteiger charge is -2.19. The highest BCUT2D eigenvalue weighted by molar-refractivity contribution is 7.15. The van der Waals surface area contributed by atoms with Gasteiger partial charge in [0.25, 0.3) is 0 Å². The Labute approximate surface area is 94.8 Å². The highest BCUT2D eigenvalue weighted by Crippen LogP contribution is 2.33. The van der Waals surface area contributed by atoms with Crippen LogP contribution < -0.4 is 4.90 Å². The van der Waals surface area contributed by atoms with Gasteiger partial charge in [-0.25, -0.2) is 4.98 Å². The van der Waals surface area contributed by atoms with Crippen molar-refractivity contribution in [1.82, 2.24) is 4.98 Å². The summed E-state index contributed by atoms with van der Waals surface area (Å²) < 4.78 is 0. The van der Waals surface area contributed by atoms with Gasteiger partial charge in [-0.05, 0) is 26.2 Å². The predicted molar refractivity (Wildman–Crippen MR) is 63.3 cm³/mol. The minimum Gasteiger partial charge on any atom is -0.388 e. The monoisotopic (exact) mass is 226 g/mol. The van der Waals surface area contributed by atoms with E-state index in [1.807, 2.05) is 0 Å². The van der Waals surface area contributed by atoms with Crippen molar-refractivity contribution in [2.45, 2.75) is 39.3 Å². The van der Waals surface area contributed by atoms with Crippen LogP contribution in [0.3, 0.4) is 0 Å². The zero-order valence-electron chi connectivity index (χ0n) is 9.47. The summed E-state index contributed by atoms with van der Waals surface area (Å²) in [5, 5.41) is 10.5. The van der Waals surface area contributed by atoms with E-state index in [9.17, 15) is 5.11 Å². The molecule has 1 aliphatic rings. The second-order valence-corrected chi connectivity index (χ2v) is 5.60. The molecule has 0 aliphatic carbocycles. The number of thiazole rings is 1. The van der Waals surface area contributed by atoms with Crippen molar-refractivity contribution in [3.8, 4) is 0 Å². The van der Waals surface area contributed by atoms with Crippen LogP contribution in [0.5, 0.6) is 0 Å². The van der Waals surface area contributed by atoms with Crippen LogP contribution in [0, 0.1) is 5.92 Å². The van der Waals surface area contributed by atoms with E-state index in [0.717, 1.165) is 22.5 Å². The zero-order valence-corrected chi connectivity index (χ0v) is 10.3. The van der Waals surface area contributed by atoms with E-state index in [4.69, 9.17) is 0 Å². The van der Waals surface area contributed by atoms with Crippen molar-refractivity contribution < 1.29 is 5.11 Å². The Kier molecular flexibility index (Phi) is 2.98. The molecular formula is C11H18N2OS. The van der Waals surface area contributed by atoms with Gasteiger partial charge >= 0.3 is 0 Å². The Hall–Kier alpha value is -0.610. The lowest BCUT2D eigenvalue weighted by atomic mass is 10.1. The fourth-order valence-electron chi connectivity index (χ4n) is 2.17. The van der Waals surface area contributed by atoms with Gasteiger partial charge < -0.3 is 10.0 Å². The van der Waals surface area contributed by atoms with E-state index in [-0.39, 0.29) is 0 Å². The summed E-state index contributed by atoms with van der Waals surface area (Å²) in [7, 11) is 0. The molecule has 0 saturated carbocycles. The number of hydrogen-bond donors (Lipinski definition) is 1. The first kappa shape index (κ1) is 10.9. The van der Waals surface area contributed by atoms with Crippen molar-refractivity contribution in [3.63, 3.8) is 0 Å². The second kappa shape index (κ2) is 4.10. The highest BCUT2D eigenvalue weighted by Gasteiger charge is 2.28. The largest absolute Gasteiger partial charge is 0.388 e. The van der Waals surface area contributed by atoms with Gasteiger partial charge in [-0.15, -0.1) is 0 Å².